The summed E-state index contributed by atoms with van der Waals surface area (Å²) in [5, 5.41) is 30.3. The van der Waals surface area contributed by atoms with Gasteiger partial charge >= 0.3 is 6.03 Å². The summed E-state index contributed by atoms with van der Waals surface area (Å²) < 4.78 is 11.8. The maximum atomic E-state index is 12.5. The number of aromatic nitrogens is 4. The minimum Gasteiger partial charge on any atom is -0.484 e. The summed E-state index contributed by atoms with van der Waals surface area (Å²) in [6, 6.07) is 31.3. The molecule has 7 rings (SSSR count). The number of hydrogen-bond donors (Lipinski definition) is 7. The zero-order valence-electron chi connectivity index (χ0n) is 70.5. The van der Waals surface area contributed by atoms with Gasteiger partial charge in [-0.1, -0.05) is 193 Å². The number of rotatable bonds is 38. The van der Waals surface area contributed by atoms with Crippen LogP contribution in [0.25, 0.3) is 21.9 Å². The van der Waals surface area contributed by atoms with E-state index in [1.54, 1.807) is 181 Å². The lowest BCUT2D eigenvalue weighted by Gasteiger charge is -2.20. The van der Waals surface area contributed by atoms with Gasteiger partial charge in [-0.3, -0.25) is 67.1 Å². The molecule has 5 atom stereocenters. The van der Waals surface area contributed by atoms with E-state index in [-0.39, 0.29) is 180 Å². The summed E-state index contributed by atoms with van der Waals surface area (Å²) in [6.07, 6.45) is 2.51. The van der Waals surface area contributed by atoms with Crippen molar-refractivity contribution in [2.45, 2.75) is 201 Å². The van der Waals surface area contributed by atoms with Crippen molar-refractivity contribution in [2.24, 2.45) is 59.2 Å². The first-order valence-electron chi connectivity index (χ1n) is 39.1. The number of benzene rings is 4. The van der Waals surface area contributed by atoms with E-state index in [0.29, 0.717) is 22.6 Å². The first-order chi connectivity index (χ1) is 54.5. The van der Waals surface area contributed by atoms with Crippen molar-refractivity contribution >= 4 is 115 Å². The quantitative estimate of drug-likeness (QED) is 0.0189. The highest BCUT2D eigenvalue weighted by Gasteiger charge is 2.33. The zero-order chi connectivity index (χ0) is 87.4. The molecule has 0 aliphatic rings. The number of aromatic amines is 1. The number of amides is 5. The number of carbonyl (C=O) groups excluding carboxylic acids is 15. The van der Waals surface area contributed by atoms with Gasteiger partial charge in [0, 0.05) is 113 Å². The van der Waals surface area contributed by atoms with Crippen molar-refractivity contribution in [2.75, 3.05) is 18.5 Å². The third-order valence-electron chi connectivity index (χ3n) is 18.0. The Labute approximate surface area is 679 Å². The number of para-hydroxylation sites is 3. The summed E-state index contributed by atoms with van der Waals surface area (Å²) in [7, 11) is 0. The molecular weight excluding hydrogens is 1480 g/mol. The van der Waals surface area contributed by atoms with Gasteiger partial charge in [0.2, 0.25) is 5.91 Å². The lowest BCUT2D eigenvalue weighted by molar-refractivity contribution is -0.133. The van der Waals surface area contributed by atoms with Crippen LogP contribution in [0.15, 0.2) is 132 Å². The molecule has 626 valence electrons. The maximum Gasteiger partial charge on any atom is 0.344 e. The fraction of sp³-hybridized carbons (Fsp3) is 0.477. The Morgan fingerprint density at radius 3 is 1.22 bits per heavy atom. The van der Waals surface area contributed by atoms with Crippen LogP contribution in [0.3, 0.4) is 0 Å². The Balaban J connectivity index is 0.000000376. The van der Waals surface area contributed by atoms with Gasteiger partial charge in [-0.2, -0.15) is 15.0 Å². The van der Waals surface area contributed by atoms with Gasteiger partial charge in [-0.25, -0.2) is 9.78 Å². The second-order valence-electron chi connectivity index (χ2n) is 31.1. The number of fused-ring (bicyclic) bond motifs is 2. The summed E-state index contributed by atoms with van der Waals surface area (Å²) in [4.78, 5) is 189. The lowest BCUT2D eigenvalue weighted by Crippen LogP contribution is -2.46. The van der Waals surface area contributed by atoms with Crippen LogP contribution >= 0.6 is 0 Å². The summed E-state index contributed by atoms with van der Waals surface area (Å²) >= 11 is 0. The average molecular weight is 1600 g/mol. The number of Topliss-reactive ketones (excluding diaryl/α,β-unsaturated/α-hetero) is 10. The van der Waals surface area contributed by atoms with Crippen LogP contribution in [-0.4, -0.2) is 151 Å². The van der Waals surface area contributed by atoms with Gasteiger partial charge in [0.25, 0.3) is 17.7 Å². The van der Waals surface area contributed by atoms with Gasteiger partial charge in [0.15, 0.2) is 41.3 Å². The lowest BCUT2D eigenvalue weighted by atomic mass is 9.94. The summed E-state index contributed by atoms with van der Waals surface area (Å²) in [6.45, 7) is 35.0. The molecule has 0 bridgehead atoms. The number of nitrogens with one attached hydrogen (secondary N) is 7. The van der Waals surface area contributed by atoms with Crippen LogP contribution in [0.1, 0.15) is 197 Å². The minimum absolute atomic E-state index is 0.000643. The van der Waals surface area contributed by atoms with Crippen LogP contribution < -0.4 is 36.6 Å². The van der Waals surface area contributed by atoms with Crippen molar-refractivity contribution in [3.05, 3.63) is 145 Å². The van der Waals surface area contributed by atoms with Gasteiger partial charge in [-0.05, 0) is 60.7 Å². The van der Waals surface area contributed by atoms with Crippen molar-refractivity contribution in [1.29, 1.82) is 5.26 Å². The number of nitrogens with zero attached hydrogens (tertiary/aromatic N) is 4. The number of ketones is 10. The summed E-state index contributed by atoms with van der Waals surface area (Å²) in [5.41, 5.74) is 3.16. The first kappa shape index (κ1) is 98.4. The average Bonchev–Trinajstić information content (AvgIpc) is 1.68. The molecule has 0 saturated heterocycles. The maximum absolute atomic E-state index is 12.5. The van der Waals surface area contributed by atoms with Gasteiger partial charge < -0.3 is 46.0 Å². The molecule has 4 aromatic carbocycles. The molecule has 3 heterocycles. The molecule has 5 amide bonds. The topological polar surface area (TPSA) is 421 Å². The van der Waals surface area contributed by atoms with Gasteiger partial charge in [-0.15, -0.1) is 0 Å². The number of carbonyl (C=O) groups is 15. The number of H-pyrrole nitrogens is 1. The fourth-order valence-corrected chi connectivity index (χ4v) is 10.6. The van der Waals surface area contributed by atoms with E-state index < -0.39 is 48.1 Å². The predicted molar refractivity (Wildman–Crippen MR) is 442 cm³/mol. The molecule has 0 radical (unpaired) electrons. The van der Waals surface area contributed by atoms with Crippen molar-refractivity contribution in [3.63, 3.8) is 0 Å². The van der Waals surface area contributed by atoms with E-state index >= 15 is 0 Å². The smallest absolute Gasteiger partial charge is 0.344 e. The second kappa shape index (κ2) is 49.1. The fourth-order valence-electron chi connectivity index (χ4n) is 10.6. The van der Waals surface area contributed by atoms with E-state index in [0.717, 1.165) is 26.7 Å². The third-order valence-corrected chi connectivity index (χ3v) is 18.0. The predicted octanol–water partition coefficient (Wildman–Crippen LogP) is 12.2. The molecule has 116 heavy (non-hydrogen) atoms. The van der Waals surface area contributed by atoms with Crippen LogP contribution in [0.5, 0.6) is 5.75 Å². The first-order valence-corrected chi connectivity index (χ1v) is 39.1. The highest BCUT2D eigenvalue weighted by Crippen LogP contribution is 2.22. The Morgan fingerprint density at radius 2 is 0.819 bits per heavy atom. The Bertz CT molecular complexity index is 4310. The number of anilines is 1. The van der Waals surface area contributed by atoms with E-state index in [4.69, 9.17) is 14.4 Å². The second-order valence-corrected chi connectivity index (χ2v) is 31.1. The Morgan fingerprint density at radius 1 is 0.431 bits per heavy atom. The van der Waals surface area contributed by atoms with Gasteiger partial charge in [0.05, 0.1) is 48.4 Å². The SMILES string of the molecule is CC(C)C(=O)CC(NC(=O)CNc1ccccc1)C(=O)C(C)C.CC(C)C(=O)CC(NC(=O)COc1ccc(C#N)cc1)C(=O)C(C)C.CC(C)C(=O)CC(NC(=O)c1cc2ccccc2[nH]1)C(=O)C(C)C.CC(C)C(=O)CC(NC(=O)c1cc2ccccc2o1)C(=O)C(C)C.CC(C)C(=O)CC(NC(=O)n1cncn1)C(=O)C(C)C. The standard InChI is InChI=1S/C19H24N2O4.C19H24N2O3.C19H23NO4.C18H26N2O3.C13H20N4O3/c1-12(2)17(22)9-16(19(24)13(3)4)21-18(23)11-25-15-7-5-14(10-20)6-8-15;1-11(2)17(22)10-15(18(23)12(3)4)21-19(24)16-9-13-7-5-6-8-14(13)20-16;1-11(2)15(21)10-14(18(22)12(3)4)20-19(23)17-9-13-7-5-6-8-16(13)24-17;1-12(2)16(21)10-15(18(23)13(3)4)20-17(22)11-19-14-8-6-5-7-9-14;1-8(2)11(18)5-10(12(19)9(3)4)16-13(20)17-7-14-6-15-17/h5-8,12-13,16H,9,11H2,1-4H3,(H,21,23);5-9,11-12,15,20H,10H2,1-4H3,(H,21,24);5-9,11-12,14H,10H2,1-4H3,(H,20,23);5-9,12-13,15,19H,10-11H2,1-4H3,(H,20,22);6-10H,5H2,1-4H3,(H,16,20). The van der Waals surface area contributed by atoms with Crippen molar-refractivity contribution < 1.29 is 81.1 Å². The van der Waals surface area contributed by atoms with Crippen molar-refractivity contribution in [1.82, 2.24) is 46.3 Å². The molecule has 0 aliphatic carbocycles. The molecule has 0 saturated carbocycles. The minimum atomic E-state index is -0.841. The Hall–Kier alpha value is -11.8. The highest BCUT2D eigenvalue weighted by molar-refractivity contribution is 6.04. The van der Waals surface area contributed by atoms with Crippen LogP contribution in [-0.2, 0) is 57.5 Å². The Kier molecular flexibility index (Phi) is 41.7. The molecule has 28 heteroatoms. The number of furan rings is 1. The summed E-state index contributed by atoms with van der Waals surface area (Å²) in [5.74, 6) is -4.28. The normalized spacial score (nSPS) is 12.3. The molecule has 3 aromatic heterocycles. The van der Waals surface area contributed by atoms with Crippen LogP contribution in [0.4, 0.5) is 10.5 Å². The molecule has 0 aliphatic heterocycles. The van der Waals surface area contributed by atoms with Crippen LogP contribution in [0, 0.1) is 70.5 Å². The van der Waals surface area contributed by atoms with Gasteiger partial charge in [0.1, 0.15) is 58.6 Å². The van der Waals surface area contributed by atoms with E-state index in [1.807, 2.05) is 78.9 Å². The monoisotopic (exact) mass is 1600 g/mol. The zero-order valence-corrected chi connectivity index (χ0v) is 70.5. The van der Waals surface area contributed by atoms with E-state index in [1.165, 1.54) is 12.7 Å². The largest absolute Gasteiger partial charge is 0.484 e. The third kappa shape index (κ3) is 34.1. The molecule has 7 N–H and O–H groups in total. The molecular formula is C88H117N11O17. The number of hydrogen-bond acceptors (Lipinski definition) is 21. The van der Waals surface area contributed by atoms with E-state index in [2.05, 4.69) is 47.0 Å². The molecule has 0 spiro atoms. The number of nitriles is 1. The molecule has 0 fully saturated rings. The molecule has 28 nitrogen and oxygen atoms in total. The number of ether oxygens (including phenoxy) is 1. The van der Waals surface area contributed by atoms with Crippen molar-refractivity contribution in [3.8, 4) is 11.8 Å². The highest BCUT2D eigenvalue weighted by atomic mass is 16.5. The van der Waals surface area contributed by atoms with E-state index in [9.17, 15) is 71.9 Å². The molecule has 7 aromatic rings. The molecule has 5 unspecified atom stereocenters. The van der Waals surface area contributed by atoms with Crippen LogP contribution in [0.2, 0.25) is 0 Å².